The molecule has 0 amide bonds. The molecule has 4 heteroatoms. The first-order valence-electron chi connectivity index (χ1n) is 8.62. The molecule has 2 rings (SSSR count). The summed E-state index contributed by atoms with van der Waals surface area (Å²) in [5.74, 6) is 0.855. The second-order valence-corrected chi connectivity index (χ2v) is 8.02. The van der Waals surface area contributed by atoms with Crippen molar-refractivity contribution in [2.75, 3.05) is 73.1 Å². The van der Waals surface area contributed by atoms with Crippen molar-refractivity contribution in [1.29, 1.82) is 0 Å². The summed E-state index contributed by atoms with van der Waals surface area (Å²) in [5, 5.41) is 0. The molecule has 0 spiro atoms. The maximum absolute atomic E-state index is 5.45. The van der Waals surface area contributed by atoms with Crippen LogP contribution in [0.25, 0.3) is 0 Å². The van der Waals surface area contributed by atoms with E-state index in [4.69, 9.17) is 4.74 Å². The summed E-state index contributed by atoms with van der Waals surface area (Å²) in [5.41, 5.74) is 0.354. The van der Waals surface area contributed by atoms with Gasteiger partial charge < -0.3 is 14.5 Å². The molecule has 2 aliphatic rings. The molecule has 21 heavy (non-hydrogen) atoms. The lowest BCUT2D eigenvalue weighted by Crippen LogP contribution is -2.46. The number of piperidine rings is 1. The van der Waals surface area contributed by atoms with Crippen molar-refractivity contribution in [2.45, 2.75) is 26.7 Å². The third kappa shape index (κ3) is 6.23. The zero-order chi connectivity index (χ0) is 15.3. The van der Waals surface area contributed by atoms with Crippen molar-refractivity contribution in [1.82, 2.24) is 14.7 Å². The predicted octanol–water partition coefficient (Wildman–Crippen LogP) is 1.62. The van der Waals surface area contributed by atoms with E-state index in [1.165, 1.54) is 45.6 Å². The fourth-order valence-corrected chi connectivity index (χ4v) is 4.07. The first-order chi connectivity index (χ1) is 9.94. The number of hydrogen-bond acceptors (Lipinski definition) is 4. The molecule has 2 saturated heterocycles. The quantitative estimate of drug-likeness (QED) is 0.741. The van der Waals surface area contributed by atoms with E-state index < -0.39 is 0 Å². The van der Waals surface area contributed by atoms with Gasteiger partial charge in [-0.2, -0.15) is 0 Å². The number of likely N-dealkylation sites (tertiary alicyclic amines) is 1. The molecule has 0 aromatic rings. The molecule has 2 aliphatic heterocycles. The smallest absolute Gasteiger partial charge is 0.0594 e. The Labute approximate surface area is 131 Å². The van der Waals surface area contributed by atoms with Crippen LogP contribution < -0.4 is 0 Å². The number of morpholine rings is 1. The van der Waals surface area contributed by atoms with E-state index in [1.807, 2.05) is 0 Å². The Morgan fingerprint density at radius 3 is 2.57 bits per heavy atom. The summed E-state index contributed by atoms with van der Waals surface area (Å²) in [4.78, 5) is 7.61. The minimum atomic E-state index is 0.354. The topological polar surface area (TPSA) is 19.0 Å². The summed E-state index contributed by atoms with van der Waals surface area (Å²) in [6.45, 7) is 15.0. The Balaban J connectivity index is 1.73. The highest BCUT2D eigenvalue weighted by Crippen LogP contribution is 2.21. The van der Waals surface area contributed by atoms with Crippen LogP contribution in [-0.4, -0.2) is 87.8 Å². The molecule has 0 aromatic heterocycles. The standard InChI is InChI=1S/C17H35N3O/c1-17(2,15-20-8-10-21-11-9-20)14-19(4)13-16-6-5-7-18(3)12-16/h16H,5-15H2,1-4H3/t16-/m1/s1. The van der Waals surface area contributed by atoms with E-state index in [1.54, 1.807) is 0 Å². The van der Waals surface area contributed by atoms with Gasteiger partial charge in [0.25, 0.3) is 0 Å². The van der Waals surface area contributed by atoms with Crippen LogP contribution in [0.1, 0.15) is 26.7 Å². The molecule has 0 N–H and O–H groups in total. The van der Waals surface area contributed by atoms with E-state index in [0.29, 0.717) is 5.41 Å². The molecular weight excluding hydrogens is 262 g/mol. The van der Waals surface area contributed by atoms with Gasteiger partial charge in [0.1, 0.15) is 0 Å². The molecule has 0 saturated carbocycles. The van der Waals surface area contributed by atoms with E-state index >= 15 is 0 Å². The molecule has 0 radical (unpaired) electrons. The van der Waals surface area contributed by atoms with Crippen LogP contribution in [0.5, 0.6) is 0 Å². The Kier molecular flexibility index (Phi) is 6.48. The van der Waals surface area contributed by atoms with Gasteiger partial charge in [0.15, 0.2) is 0 Å². The molecule has 1 atom stereocenters. The average molecular weight is 297 g/mol. The van der Waals surface area contributed by atoms with Crippen molar-refractivity contribution in [3.63, 3.8) is 0 Å². The zero-order valence-corrected chi connectivity index (χ0v) is 14.6. The predicted molar refractivity (Wildman–Crippen MR) is 88.8 cm³/mol. The van der Waals surface area contributed by atoms with Crippen LogP contribution in [0.4, 0.5) is 0 Å². The molecule has 0 aliphatic carbocycles. The van der Waals surface area contributed by atoms with Crippen molar-refractivity contribution in [2.24, 2.45) is 11.3 Å². The number of rotatable bonds is 6. The second-order valence-electron chi connectivity index (χ2n) is 8.02. The first kappa shape index (κ1) is 17.2. The molecule has 0 aromatic carbocycles. The first-order valence-corrected chi connectivity index (χ1v) is 8.62. The fourth-order valence-electron chi connectivity index (χ4n) is 4.07. The van der Waals surface area contributed by atoms with Crippen molar-refractivity contribution >= 4 is 0 Å². The van der Waals surface area contributed by atoms with Gasteiger partial charge in [-0.1, -0.05) is 13.8 Å². The van der Waals surface area contributed by atoms with Gasteiger partial charge in [-0.15, -0.1) is 0 Å². The number of ether oxygens (including phenoxy) is 1. The van der Waals surface area contributed by atoms with Gasteiger partial charge in [0.05, 0.1) is 13.2 Å². The lowest BCUT2D eigenvalue weighted by molar-refractivity contribution is 0.0151. The van der Waals surface area contributed by atoms with Gasteiger partial charge in [-0.25, -0.2) is 0 Å². The maximum Gasteiger partial charge on any atom is 0.0594 e. The SMILES string of the molecule is CN1CCC[C@@H](CN(C)CC(C)(C)CN2CCOCC2)C1. The highest BCUT2D eigenvalue weighted by atomic mass is 16.5. The lowest BCUT2D eigenvalue weighted by atomic mass is 9.90. The summed E-state index contributed by atoms with van der Waals surface area (Å²) in [6, 6.07) is 0. The van der Waals surface area contributed by atoms with E-state index in [2.05, 4.69) is 42.6 Å². The number of hydrogen-bond donors (Lipinski definition) is 0. The zero-order valence-electron chi connectivity index (χ0n) is 14.6. The number of nitrogens with zero attached hydrogens (tertiary/aromatic N) is 3. The minimum absolute atomic E-state index is 0.354. The van der Waals surface area contributed by atoms with Gasteiger partial charge >= 0.3 is 0 Å². The minimum Gasteiger partial charge on any atom is -0.379 e. The highest BCUT2D eigenvalue weighted by Gasteiger charge is 2.26. The lowest BCUT2D eigenvalue weighted by Gasteiger charge is -2.39. The normalized spacial score (nSPS) is 26.4. The molecule has 0 unspecified atom stereocenters. The van der Waals surface area contributed by atoms with Gasteiger partial charge in [0, 0.05) is 39.3 Å². The van der Waals surface area contributed by atoms with Crippen LogP contribution in [0.15, 0.2) is 0 Å². The van der Waals surface area contributed by atoms with Crippen molar-refractivity contribution < 1.29 is 4.74 Å². The summed E-state index contributed by atoms with van der Waals surface area (Å²) in [7, 11) is 4.56. The van der Waals surface area contributed by atoms with E-state index in [9.17, 15) is 0 Å². The molecule has 124 valence electrons. The van der Waals surface area contributed by atoms with Gasteiger partial charge in [-0.05, 0) is 44.8 Å². The largest absolute Gasteiger partial charge is 0.379 e. The van der Waals surface area contributed by atoms with Crippen molar-refractivity contribution in [3.8, 4) is 0 Å². The van der Waals surface area contributed by atoms with Crippen molar-refractivity contribution in [3.05, 3.63) is 0 Å². The Morgan fingerprint density at radius 1 is 1.19 bits per heavy atom. The van der Waals surface area contributed by atoms with Crippen LogP contribution in [0.2, 0.25) is 0 Å². The van der Waals surface area contributed by atoms with Crippen LogP contribution >= 0.6 is 0 Å². The maximum atomic E-state index is 5.45. The van der Waals surface area contributed by atoms with Crippen LogP contribution in [0.3, 0.4) is 0 Å². The Bertz CT molecular complexity index is 302. The van der Waals surface area contributed by atoms with Gasteiger partial charge in [0.2, 0.25) is 0 Å². The monoisotopic (exact) mass is 297 g/mol. The Morgan fingerprint density at radius 2 is 1.90 bits per heavy atom. The molecule has 2 heterocycles. The summed E-state index contributed by atoms with van der Waals surface area (Å²) < 4.78 is 5.45. The van der Waals surface area contributed by atoms with E-state index in [0.717, 1.165) is 32.2 Å². The molecular formula is C17H35N3O. The highest BCUT2D eigenvalue weighted by molar-refractivity contribution is 4.80. The summed E-state index contributed by atoms with van der Waals surface area (Å²) >= 11 is 0. The Hall–Kier alpha value is -0.160. The molecule has 0 bridgehead atoms. The fraction of sp³-hybridized carbons (Fsp3) is 1.00. The van der Waals surface area contributed by atoms with Gasteiger partial charge in [-0.3, -0.25) is 4.90 Å². The van der Waals surface area contributed by atoms with Crippen LogP contribution in [0, 0.1) is 11.3 Å². The average Bonchev–Trinajstić information content (AvgIpc) is 2.38. The van der Waals surface area contributed by atoms with E-state index in [-0.39, 0.29) is 0 Å². The van der Waals surface area contributed by atoms with Crippen LogP contribution in [-0.2, 0) is 4.74 Å². The second kappa shape index (κ2) is 7.91. The third-order valence-electron chi connectivity index (χ3n) is 4.75. The molecule has 2 fully saturated rings. The molecule has 4 nitrogen and oxygen atoms in total. The third-order valence-corrected chi connectivity index (χ3v) is 4.75. The summed E-state index contributed by atoms with van der Waals surface area (Å²) in [6.07, 6.45) is 2.77.